The molecule has 0 spiro atoms. The molecule has 6 rings (SSSR count). The van der Waals surface area contributed by atoms with Gasteiger partial charge in [-0.05, 0) is 30.4 Å². The summed E-state index contributed by atoms with van der Waals surface area (Å²) >= 11 is 6.62. The maximum atomic E-state index is 12.8. The molecule has 2 fully saturated rings. The number of ether oxygens (including phenoxy) is 1. The van der Waals surface area contributed by atoms with E-state index in [2.05, 4.69) is 51.3 Å². The largest absolute Gasteiger partial charge is 0.378 e. The predicted molar refractivity (Wildman–Crippen MR) is 138 cm³/mol. The van der Waals surface area contributed by atoms with Crippen LogP contribution in [0.2, 0.25) is 5.02 Å². The van der Waals surface area contributed by atoms with E-state index in [0.29, 0.717) is 32.7 Å². The molecular formula is C25H30ClN5O2S. The second kappa shape index (κ2) is 9.26. The number of anilines is 1. The smallest absolute Gasteiger partial charge is 0.222 e. The Hall–Kier alpha value is -1.94. The number of amides is 1. The van der Waals surface area contributed by atoms with Gasteiger partial charge in [0.1, 0.15) is 0 Å². The molecule has 0 bridgehead atoms. The Labute approximate surface area is 207 Å². The van der Waals surface area contributed by atoms with Crippen molar-refractivity contribution in [2.45, 2.75) is 19.0 Å². The number of fused-ring (bicyclic) bond motifs is 4. The first-order chi connectivity index (χ1) is 16.6. The molecule has 1 aliphatic carbocycles. The normalized spacial score (nSPS) is 28.7. The molecule has 2 saturated heterocycles. The van der Waals surface area contributed by atoms with Gasteiger partial charge in [-0.1, -0.05) is 35.9 Å². The molecule has 0 saturated carbocycles. The molecule has 1 aromatic rings. The number of benzene rings is 1. The number of para-hydroxylation sites is 1. The number of nitrogens with one attached hydrogen (secondary N) is 2. The van der Waals surface area contributed by atoms with E-state index >= 15 is 0 Å². The van der Waals surface area contributed by atoms with E-state index in [-0.39, 0.29) is 28.5 Å². The zero-order valence-electron chi connectivity index (χ0n) is 19.3. The number of nitrogens with zero attached hydrogens (tertiary/aromatic N) is 3. The van der Waals surface area contributed by atoms with Gasteiger partial charge in [0.05, 0.1) is 48.3 Å². The maximum absolute atomic E-state index is 12.8. The Kier molecular flexibility index (Phi) is 6.13. The summed E-state index contributed by atoms with van der Waals surface area (Å²) < 4.78 is 5.41. The van der Waals surface area contributed by atoms with Crippen molar-refractivity contribution in [1.29, 1.82) is 0 Å². The molecule has 7 nitrogen and oxygen atoms in total. The van der Waals surface area contributed by atoms with Gasteiger partial charge in [0, 0.05) is 42.1 Å². The van der Waals surface area contributed by atoms with Crippen molar-refractivity contribution >= 4 is 38.7 Å². The van der Waals surface area contributed by atoms with E-state index in [4.69, 9.17) is 16.3 Å². The summed E-state index contributed by atoms with van der Waals surface area (Å²) in [5, 5.41) is 0.750. The number of allylic oxidation sites excluding steroid dienone is 2. The third-order valence-corrected chi connectivity index (χ3v) is 9.63. The number of hydrogen-bond acceptors (Lipinski definition) is 6. The average molecular weight is 500 g/mol. The summed E-state index contributed by atoms with van der Waals surface area (Å²) in [5.74, 6) is 0.496. The Morgan fingerprint density at radius 2 is 2.09 bits per heavy atom. The summed E-state index contributed by atoms with van der Waals surface area (Å²) in [5.41, 5.74) is 10.5. The zero-order valence-corrected chi connectivity index (χ0v) is 20.9. The van der Waals surface area contributed by atoms with Crippen molar-refractivity contribution < 1.29 is 9.53 Å². The van der Waals surface area contributed by atoms with Crippen LogP contribution in [0, 0.1) is 5.92 Å². The van der Waals surface area contributed by atoms with Crippen LogP contribution in [0.3, 0.4) is 0 Å². The number of morpholine rings is 1. The third kappa shape index (κ3) is 3.86. The average Bonchev–Trinajstić information content (AvgIpc) is 3.52. The lowest BCUT2D eigenvalue weighted by Crippen LogP contribution is -2.45. The van der Waals surface area contributed by atoms with E-state index in [0.717, 1.165) is 30.3 Å². The van der Waals surface area contributed by atoms with Crippen molar-refractivity contribution in [2.75, 3.05) is 50.7 Å². The fraction of sp³-hybridized carbons (Fsp3) is 0.440. The molecule has 34 heavy (non-hydrogen) atoms. The standard InChI is InChI=1S/C25H30ClN5O2S/c1-34-21-8-6-17(7-9-23(32)29-10-12-33-13-11-29)24(21)18-14-30(20-5-3-2-4-19(20)26)15-22-28-27-16-31(22)25(18)34/h2-6,8,14,17,22,27-28H,7,9-13,15-16H2,1H3. The van der Waals surface area contributed by atoms with E-state index < -0.39 is 0 Å². The molecule has 9 heteroatoms. The Morgan fingerprint density at radius 3 is 2.91 bits per heavy atom. The van der Waals surface area contributed by atoms with Gasteiger partial charge >= 0.3 is 0 Å². The molecule has 2 N–H and O–H groups in total. The van der Waals surface area contributed by atoms with Crippen molar-refractivity contribution in [3.05, 3.63) is 63.7 Å². The molecular weight excluding hydrogens is 470 g/mol. The molecule has 3 atom stereocenters. The van der Waals surface area contributed by atoms with Crippen LogP contribution in [-0.4, -0.2) is 72.6 Å². The first kappa shape index (κ1) is 22.5. The molecule has 4 aliphatic heterocycles. The minimum Gasteiger partial charge on any atom is -0.378 e. The van der Waals surface area contributed by atoms with Crippen molar-refractivity contribution in [2.24, 2.45) is 5.92 Å². The lowest BCUT2D eigenvalue weighted by molar-refractivity contribution is -0.135. The van der Waals surface area contributed by atoms with Crippen LogP contribution in [-0.2, 0) is 9.53 Å². The maximum Gasteiger partial charge on any atom is 0.222 e. The number of carbonyl (C=O) groups is 1. The van der Waals surface area contributed by atoms with Gasteiger partial charge in [-0.2, -0.15) is 0 Å². The summed E-state index contributed by atoms with van der Waals surface area (Å²) in [6.07, 6.45) is 10.8. The van der Waals surface area contributed by atoms with E-state index in [1.807, 2.05) is 23.1 Å². The second-order valence-electron chi connectivity index (χ2n) is 9.20. The van der Waals surface area contributed by atoms with Crippen molar-refractivity contribution in [3.8, 4) is 0 Å². The molecule has 0 radical (unpaired) electrons. The fourth-order valence-electron chi connectivity index (χ4n) is 5.54. The highest BCUT2D eigenvalue weighted by Gasteiger charge is 2.41. The number of hydrazine groups is 1. The van der Waals surface area contributed by atoms with E-state index in [1.54, 1.807) is 0 Å². The summed E-state index contributed by atoms with van der Waals surface area (Å²) in [6.45, 7) is 4.26. The molecule has 5 aliphatic rings. The van der Waals surface area contributed by atoms with Crippen LogP contribution < -0.4 is 15.8 Å². The van der Waals surface area contributed by atoms with Crippen LogP contribution >= 0.6 is 22.1 Å². The molecule has 3 unspecified atom stereocenters. The Morgan fingerprint density at radius 1 is 1.26 bits per heavy atom. The van der Waals surface area contributed by atoms with Gasteiger partial charge in [-0.3, -0.25) is 4.79 Å². The second-order valence-corrected chi connectivity index (χ2v) is 11.5. The Bertz CT molecular complexity index is 1140. The first-order valence-electron chi connectivity index (χ1n) is 11.9. The highest BCUT2D eigenvalue weighted by atomic mass is 35.5. The van der Waals surface area contributed by atoms with Crippen LogP contribution in [0.5, 0.6) is 0 Å². The fourth-order valence-corrected chi connectivity index (χ4v) is 7.91. The van der Waals surface area contributed by atoms with Gasteiger partial charge in [0.15, 0.2) is 0 Å². The van der Waals surface area contributed by atoms with E-state index in [1.165, 1.54) is 21.0 Å². The molecule has 180 valence electrons. The van der Waals surface area contributed by atoms with Gasteiger partial charge in [-0.25, -0.2) is 15.8 Å². The number of hydrogen-bond donors (Lipinski definition) is 2. The monoisotopic (exact) mass is 499 g/mol. The van der Waals surface area contributed by atoms with Gasteiger partial charge < -0.3 is 14.5 Å². The lowest BCUT2D eigenvalue weighted by Gasteiger charge is -2.27. The molecule has 0 aromatic heterocycles. The van der Waals surface area contributed by atoms with Crippen LogP contribution in [0.1, 0.15) is 12.8 Å². The van der Waals surface area contributed by atoms with Gasteiger partial charge in [-0.15, -0.1) is 10.5 Å². The Balaban J connectivity index is 1.31. The van der Waals surface area contributed by atoms with Crippen molar-refractivity contribution in [3.63, 3.8) is 0 Å². The lowest BCUT2D eigenvalue weighted by atomic mass is 9.91. The molecule has 4 heterocycles. The molecule has 1 aromatic carbocycles. The quantitative estimate of drug-likeness (QED) is 0.621. The first-order valence-corrected chi connectivity index (χ1v) is 13.9. The van der Waals surface area contributed by atoms with Crippen LogP contribution in [0.25, 0.3) is 0 Å². The highest BCUT2D eigenvalue weighted by molar-refractivity contribution is 8.19. The van der Waals surface area contributed by atoms with E-state index in [9.17, 15) is 4.79 Å². The SMILES string of the molecule is CS1=C2C(=CN(c3ccccc3Cl)CC3NNCN23)C2=C1C=CC2CCC(=O)N1CCOCC1. The summed E-state index contributed by atoms with van der Waals surface area (Å²) in [4.78, 5) is 22.3. The summed E-state index contributed by atoms with van der Waals surface area (Å²) in [6, 6.07) is 8.04. The minimum atomic E-state index is -0.0169. The third-order valence-electron chi connectivity index (χ3n) is 7.26. The minimum absolute atomic E-state index is 0.0169. The van der Waals surface area contributed by atoms with Crippen molar-refractivity contribution in [1.82, 2.24) is 20.7 Å². The predicted octanol–water partition coefficient (Wildman–Crippen LogP) is 2.86. The molecule has 1 amide bonds. The summed E-state index contributed by atoms with van der Waals surface area (Å²) in [7, 11) is -0.0169. The number of rotatable bonds is 4. The van der Waals surface area contributed by atoms with Crippen LogP contribution in [0.4, 0.5) is 5.69 Å². The van der Waals surface area contributed by atoms with Crippen LogP contribution in [0.15, 0.2) is 58.7 Å². The zero-order chi connectivity index (χ0) is 23.2. The topological polar surface area (TPSA) is 60.1 Å². The van der Waals surface area contributed by atoms with Gasteiger partial charge in [0.2, 0.25) is 5.91 Å². The van der Waals surface area contributed by atoms with Gasteiger partial charge in [0.25, 0.3) is 0 Å². The number of carbonyl (C=O) groups excluding carboxylic acids is 1. The number of halogens is 1. The highest BCUT2D eigenvalue weighted by Crippen LogP contribution is 2.50.